The van der Waals surface area contributed by atoms with E-state index in [0.29, 0.717) is 37.3 Å². The fourth-order valence-electron chi connectivity index (χ4n) is 2.43. The molecule has 0 bridgehead atoms. The highest BCUT2D eigenvalue weighted by molar-refractivity contribution is 4.89. The molecular formula is C13H22N2O3. The average molecular weight is 254 g/mol. The van der Waals surface area contributed by atoms with E-state index in [9.17, 15) is 5.11 Å². The molecule has 102 valence electrons. The molecule has 1 heterocycles. The molecule has 0 amide bonds. The van der Waals surface area contributed by atoms with E-state index in [2.05, 4.69) is 17.1 Å². The quantitative estimate of drug-likeness (QED) is 0.754. The minimum Gasteiger partial charge on any atom is -0.392 e. The molecule has 1 fully saturated rings. The van der Waals surface area contributed by atoms with Crippen LogP contribution in [0.5, 0.6) is 0 Å². The summed E-state index contributed by atoms with van der Waals surface area (Å²) in [4.78, 5) is 4.23. The van der Waals surface area contributed by atoms with Gasteiger partial charge in [0.15, 0.2) is 5.82 Å². The lowest BCUT2D eigenvalue weighted by Gasteiger charge is -2.14. The van der Waals surface area contributed by atoms with Gasteiger partial charge in [0.05, 0.1) is 12.5 Å². The van der Waals surface area contributed by atoms with Gasteiger partial charge in [-0.2, -0.15) is 4.98 Å². The topological polar surface area (TPSA) is 68.4 Å². The van der Waals surface area contributed by atoms with Gasteiger partial charge in [-0.05, 0) is 25.2 Å². The van der Waals surface area contributed by atoms with E-state index < -0.39 is 0 Å². The Bertz CT molecular complexity index is 348. The van der Waals surface area contributed by atoms with Gasteiger partial charge in [-0.3, -0.25) is 0 Å². The molecule has 0 aliphatic heterocycles. The average Bonchev–Trinajstić information content (AvgIpc) is 3.00. The second-order valence-electron chi connectivity index (χ2n) is 4.97. The lowest BCUT2D eigenvalue weighted by molar-refractivity contribution is 0.102. The highest BCUT2D eigenvalue weighted by atomic mass is 16.5. The predicted molar refractivity (Wildman–Crippen MR) is 65.9 cm³/mol. The molecule has 18 heavy (non-hydrogen) atoms. The molecule has 1 aromatic heterocycles. The summed E-state index contributed by atoms with van der Waals surface area (Å²) in [6.45, 7) is 3.14. The van der Waals surface area contributed by atoms with Crippen molar-refractivity contribution >= 4 is 0 Å². The van der Waals surface area contributed by atoms with Crippen molar-refractivity contribution in [2.24, 2.45) is 5.92 Å². The molecular weight excluding hydrogens is 232 g/mol. The number of aliphatic hydroxyl groups is 1. The van der Waals surface area contributed by atoms with Crippen molar-refractivity contribution in [3.8, 4) is 0 Å². The lowest BCUT2D eigenvalue weighted by Crippen LogP contribution is -2.20. The third-order valence-electron chi connectivity index (χ3n) is 3.42. The molecule has 0 radical (unpaired) electrons. The summed E-state index contributed by atoms with van der Waals surface area (Å²) in [6.07, 6.45) is 5.76. The SMILES string of the molecule is CCCOCc1noc(CC(O)C2CCCC2)n1. The van der Waals surface area contributed by atoms with E-state index >= 15 is 0 Å². The first-order valence-corrected chi connectivity index (χ1v) is 6.87. The maximum absolute atomic E-state index is 10.1. The van der Waals surface area contributed by atoms with Crippen molar-refractivity contribution in [2.45, 2.75) is 58.2 Å². The first kappa shape index (κ1) is 13.5. The van der Waals surface area contributed by atoms with Gasteiger partial charge in [0, 0.05) is 6.61 Å². The Morgan fingerprint density at radius 1 is 1.44 bits per heavy atom. The number of aliphatic hydroxyl groups excluding tert-OH is 1. The van der Waals surface area contributed by atoms with E-state index in [-0.39, 0.29) is 6.10 Å². The molecule has 0 saturated heterocycles. The van der Waals surface area contributed by atoms with Crippen LogP contribution in [0, 0.1) is 5.92 Å². The highest BCUT2D eigenvalue weighted by Gasteiger charge is 2.25. The zero-order valence-electron chi connectivity index (χ0n) is 11.0. The van der Waals surface area contributed by atoms with Gasteiger partial charge in [-0.25, -0.2) is 0 Å². The molecule has 0 aromatic carbocycles. The van der Waals surface area contributed by atoms with Crippen LogP contribution in [0.25, 0.3) is 0 Å². The molecule has 1 aliphatic carbocycles. The molecule has 1 aromatic rings. The highest BCUT2D eigenvalue weighted by Crippen LogP contribution is 2.28. The van der Waals surface area contributed by atoms with Crippen LogP contribution in [0.4, 0.5) is 0 Å². The Kier molecular flexibility index (Phi) is 5.13. The van der Waals surface area contributed by atoms with Crippen LogP contribution in [0.15, 0.2) is 4.52 Å². The monoisotopic (exact) mass is 254 g/mol. The van der Waals surface area contributed by atoms with Crippen LogP contribution in [0.3, 0.4) is 0 Å². The second-order valence-corrected chi connectivity index (χ2v) is 4.97. The lowest BCUT2D eigenvalue weighted by atomic mass is 9.98. The summed E-state index contributed by atoms with van der Waals surface area (Å²) in [5.41, 5.74) is 0. The van der Waals surface area contributed by atoms with Crippen LogP contribution in [0.2, 0.25) is 0 Å². The normalized spacial score (nSPS) is 18.3. The summed E-state index contributed by atoms with van der Waals surface area (Å²) in [6, 6.07) is 0. The molecule has 1 aliphatic rings. The van der Waals surface area contributed by atoms with Crippen molar-refractivity contribution in [3.05, 3.63) is 11.7 Å². The number of nitrogens with zero attached hydrogens (tertiary/aromatic N) is 2. The summed E-state index contributed by atoms with van der Waals surface area (Å²) in [5, 5.41) is 13.9. The molecule has 1 saturated carbocycles. The molecule has 1 N–H and O–H groups in total. The number of ether oxygens (including phenoxy) is 1. The molecule has 1 atom stereocenters. The molecule has 1 unspecified atom stereocenters. The first-order valence-electron chi connectivity index (χ1n) is 6.87. The zero-order valence-corrected chi connectivity index (χ0v) is 11.0. The van der Waals surface area contributed by atoms with Crippen LogP contribution in [-0.2, 0) is 17.8 Å². The van der Waals surface area contributed by atoms with E-state index in [0.717, 1.165) is 19.3 Å². The Morgan fingerprint density at radius 3 is 2.94 bits per heavy atom. The fourth-order valence-corrected chi connectivity index (χ4v) is 2.43. The van der Waals surface area contributed by atoms with Gasteiger partial charge in [0.25, 0.3) is 0 Å². The Balaban J connectivity index is 1.78. The third kappa shape index (κ3) is 3.78. The van der Waals surface area contributed by atoms with E-state index in [1.165, 1.54) is 12.8 Å². The largest absolute Gasteiger partial charge is 0.392 e. The van der Waals surface area contributed by atoms with Crippen LogP contribution < -0.4 is 0 Å². The van der Waals surface area contributed by atoms with Crippen LogP contribution in [0.1, 0.15) is 50.7 Å². The van der Waals surface area contributed by atoms with Crippen molar-refractivity contribution in [1.82, 2.24) is 10.1 Å². The molecule has 0 spiro atoms. The molecule has 2 rings (SSSR count). The van der Waals surface area contributed by atoms with Crippen molar-refractivity contribution in [3.63, 3.8) is 0 Å². The Morgan fingerprint density at radius 2 is 2.22 bits per heavy atom. The van der Waals surface area contributed by atoms with Crippen molar-refractivity contribution in [1.29, 1.82) is 0 Å². The Hall–Kier alpha value is -0.940. The number of rotatable bonds is 7. The number of hydrogen-bond acceptors (Lipinski definition) is 5. The summed E-state index contributed by atoms with van der Waals surface area (Å²) >= 11 is 0. The summed E-state index contributed by atoms with van der Waals surface area (Å²) < 4.78 is 10.5. The second kappa shape index (κ2) is 6.85. The van der Waals surface area contributed by atoms with Gasteiger partial charge in [0.2, 0.25) is 5.89 Å². The minimum absolute atomic E-state index is 0.350. The van der Waals surface area contributed by atoms with Gasteiger partial charge >= 0.3 is 0 Å². The maximum Gasteiger partial charge on any atom is 0.229 e. The zero-order chi connectivity index (χ0) is 12.8. The number of hydrogen-bond donors (Lipinski definition) is 1. The van der Waals surface area contributed by atoms with Gasteiger partial charge in [-0.15, -0.1) is 0 Å². The maximum atomic E-state index is 10.1. The number of aromatic nitrogens is 2. The predicted octanol–water partition coefficient (Wildman–Crippen LogP) is 2.09. The van der Waals surface area contributed by atoms with E-state index in [1.807, 2.05) is 0 Å². The van der Waals surface area contributed by atoms with Gasteiger partial charge in [-0.1, -0.05) is 24.9 Å². The van der Waals surface area contributed by atoms with Crippen molar-refractivity contribution < 1.29 is 14.4 Å². The first-order chi connectivity index (χ1) is 8.79. The van der Waals surface area contributed by atoms with Crippen LogP contribution >= 0.6 is 0 Å². The molecule has 5 heteroatoms. The summed E-state index contributed by atoms with van der Waals surface area (Å²) in [5.74, 6) is 1.48. The van der Waals surface area contributed by atoms with E-state index in [4.69, 9.17) is 9.26 Å². The van der Waals surface area contributed by atoms with Gasteiger partial charge in [0.1, 0.15) is 6.61 Å². The smallest absolute Gasteiger partial charge is 0.229 e. The van der Waals surface area contributed by atoms with Gasteiger partial charge < -0.3 is 14.4 Å². The molecule has 5 nitrogen and oxygen atoms in total. The fraction of sp³-hybridized carbons (Fsp3) is 0.846. The van der Waals surface area contributed by atoms with Crippen molar-refractivity contribution in [2.75, 3.05) is 6.61 Å². The standard InChI is InChI=1S/C13H22N2O3/c1-2-7-17-9-12-14-13(18-15-12)8-11(16)10-5-3-4-6-10/h10-11,16H,2-9H2,1H3. The van der Waals surface area contributed by atoms with Crippen LogP contribution in [-0.4, -0.2) is 28.0 Å². The third-order valence-corrected chi connectivity index (χ3v) is 3.42. The minimum atomic E-state index is -0.350. The van der Waals surface area contributed by atoms with E-state index in [1.54, 1.807) is 0 Å². The Labute approximate surface area is 108 Å². The summed E-state index contributed by atoms with van der Waals surface area (Å²) in [7, 11) is 0.